The van der Waals surface area contributed by atoms with E-state index < -0.39 is 10.0 Å². The van der Waals surface area contributed by atoms with E-state index in [4.69, 9.17) is 0 Å². The molecule has 118 valence electrons. The highest BCUT2D eigenvalue weighted by Crippen LogP contribution is 2.16. The van der Waals surface area contributed by atoms with Gasteiger partial charge in [-0.3, -0.25) is 9.52 Å². The molecule has 6 nitrogen and oxygen atoms in total. The molecule has 0 unspecified atom stereocenters. The first-order valence-electron chi connectivity index (χ1n) is 6.65. The highest BCUT2D eigenvalue weighted by atomic mass is 32.2. The first kappa shape index (κ1) is 16.4. The van der Waals surface area contributed by atoms with Gasteiger partial charge >= 0.3 is 0 Å². The van der Waals surface area contributed by atoms with Crippen molar-refractivity contribution in [2.75, 3.05) is 17.5 Å². The van der Waals surface area contributed by atoms with E-state index in [9.17, 15) is 13.2 Å². The van der Waals surface area contributed by atoms with Crippen LogP contribution in [0.2, 0.25) is 0 Å². The molecule has 0 aliphatic rings. The Morgan fingerprint density at radius 2 is 2.00 bits per heavy atom. The number of thiazole rings is 1. The smallest absolute Gasteiger partial charge is 0.231 e. The zero-order valence-electron chi connectivity index (χ0n) is 12.1. The number of benzene rings is 1. The topological polar surface area (TPSA) is 88.2 Å². The molecule has 0 atom stereocenters. The van der Waals surface area contributed by atoms with Crippen molar-refractivity contribution < 1.29 is 13.2 Å². The second-order valence-electron chi connectivity index (χ2n) is 4.78. The summed E-state index contributed by atoms with van der Waals surface area (Å²) in [5.41, 5.74) is 1.71. The summed E-state index contributed by atoms with van der Waals surface area (Å²) in [6.07, 6.45) is 1.96. The number of aromatic nitrogens is 1. The summed E-state index contributed by atoms with van der Waals surface area (Å²) in [7, 11) is -3.34. The van der Waals surface area contributed by atoms with Gasteiger partial charge in [0.25, 0.3) is 0 Å². The Kier molecular flexibility index (Phi) is 5.51. The fourth-order valence-corrected chi connectivity index (χ4v) is 3.37. The minimum absolute atomic E-state index is 0.132. The van der Waals surface area contributed by atoms with Gasteiger partial charge in [-0.2, -0.15) is 0 Å². The number of nitrogens with one attached hydrogen (secondary N) is 2. The third-order valence-corrected chi connectivity index (χ3v) is 4.24. The molecule has 0 bridgehead atoms. The maximum absolute atomic E-state index is 11.8. The lowest BCUT2D eigenvalue weighted by Crippen LogP contribution is -2.27. The lowest BCUT2D eigenvalue weighted by molar-refractivity contribution is -0.120. The molecule has 8 heteroatoms. The standard InChI is InChI=1S/C14H17N3O3S2/c1-22(19,20)17-14-16-12(10-21-14)9-13(18)15-8-7-11-5-3-2-4-6-11/h2-6,10H,7-9H2,1H3,(H,15,18)(H,16,17). The Bertz CT molecular complexity index is 727. The summed E-state index contributed by atoms with van der Waals surface area (Å²) in [5, 5.41) is 4.77. The van der Waals surface area contributed by atoms with E-state index in [0.717, 1.165) is 29.6 Å². The number of carbonyl (C=O) groups excluding carboxylic acids is 1. The van der Waals surface area contributed by atoms with Crippen molar-refractivity contribution in [1.82, 2.24) is 10.3 Å². The third-order valence-electron chi connectivity index (χ3n) is 2.74. The molecule has 1 heterocycles. The molecule has 2 N–H and O–H groups in total. The summed E-state index contributed by atoms with van der Waals surface area (Å²) < 4.78 is 24.5. The first-order chi connectivity index (χ1) is 10.4. The fraction of sp³-hybridized carbons (Fsp3) is 0.286. The van der Waals surface area contributed by atoms with Crippen LogP contribution < -0.4 is 10.0 Å². The number of amides is 1. The van der Waals surface area contributed by atoms with Gasteiger partial charge in [-0.05, 0) is 12.0 Å². The number of nitrogens with zero attached hydrogens (tertiary/aromatic N) is 1. The predicted octanol–water partition coefficient (Wildman–Crippen LogP) is 1.42. The van der Waals surface area contributed by atoms with Crippen LogP contribution in [0.5, 0.6) is 0 Å². The molecule has 0 aliphatic carbocycles. The second-order valence-corrected chi connectivity index (χ2v) is 7.39. The van der Waals surface area contributed by atoms with Crippen LogP contribution >= 0.6 is 11.3 Å². The molecule has 0 radical (unpaired) electrons. The van der Waals surface area contributed by atoms with Crippen molar-refractivity contribution in [3.8, 4) is 0 Å². The van der Waals surface area contributed by atoms with Crippen molar-refractivity contribution in [3.05, 3.63) is 47.0 Å². The fourth-order valence-electron chi connectivity index (χ4n) is 1.81. The highest BCUT2D eigenvalue weighted by molar-refractivity contribution is 7.92. The molecule has 2 aromatic rings. The van der Waals surface area contributed by atoms with Gasteiger partial charge in [0.05, 0.1) is 18.4 Å². The molecular weight excluding hydrogens is 322 g/mol. The molecule has 1 amide bonds. The van der Waals surface area contributed by atoms with E-state index >= 15 is 0 Å². The SMILES string of the molecule is CS(=O)(=O)Nc1nc(CC(=O)NCCc2ccccc2)cs1. The number of hydrogen-bond acceptors (Lipinski definition) is 5. The van der Waals surface area contributed by atoms with Gasteiger partial charge in [0.15, 0.2) is 5.13 Å². The molecule has 1 aromatic carbocycles. The number of hydrogen-bond donors (Lipinski definition) is 2. The van der Waals surface area contributed by atoms with Crippen molar-refractivity contribution in [2.24, 2.45) is 0 Å². The largest absolute Gasteiger partial charge is 0.355 e. The van der Waals surface area contributed by atoms with Crippen LogP contribution in [0.3, 0.4) is 0 Å². The Morgan fingerprint density at radius 3 is 2.68 bits per heavy atom. The van der Waals surface area contributed by atoms with E-state index in [1.807, 2.05) is 30.3 Å². The van der Waals surface area contributed by atoms with Gasteiger partial charge in [-0.1, -0.05) is 30.3 Å². The van der Waals surface area contributed by atoms with Gasteiger partial charge < -0.3 is 5.32 Å². The second kappa shape index (κ2) is 7.37. The average molecular weight is 339 g/mol. The summed E-state index contributed by atoms with van der Waals surface area (Å²) in [6, 6.07) is 9.89. The third kappa shape index (κ3) is 5.82. The Hall–Kier alpha value is -1.93. The molecule has 0 spiro atoms. The van der Waals surface area contributed by atoms with Gasteiger partial charge in [-0.15, -0.1) is 11.3 Å². The van der Waals surface area contributed by atoms with Crippen LogP contribution in [0.4, 0.5) is 5.13 Å². The van der Waals surface area contributed by atoms with Gasteiger partial charge in [0.2, 0.25) is 15.9 Å². The quantitative estimate of drug-likeness (QED) is 0.798. The zero-order chi connectivity index (χ0) is 16.0. The molecule has 0 saturated heterocycles. The van der Waals surface area contributed by atoms with E-state index in [2.05, 4.69) is 15.0 Å². The first-order valence-corrected chi connectivity index (χ1v) is 9.42. The van der Waals surface area contributed by atoms with Gasteiger partial charge in [-0.25, -0.2) is 13.4 Å². The van der Waals surface area contributed by atoms with Crippen LogP contribution in [-0.4, -0.2) is 32.1 Å². The van der Waals surface area contributed by atoms with E-state index in [-0.39, 0.29) is 17.5 Å². The molecule has 1 aromatic heterocycles. The molecule has 2 rings (SSSR count). The lowest BCUT2D eigenvalue weighted by Gasteiger charge is -2.04. The number of rotatable bonds is 7. The normalized spacial score (nSPS) is 11.1. The van der Waals surface area contributed by atoms with E-state index in [0.29, 0.717) is 12.2 Å². The number of sulfonamides is 1. The lowest BCUT2D eigenvalue weighted by atomic mass is 10.1. The average Bonchev–Trinajstić information content (AvgIpc) is 2.84. The molecule has 0 aliphatic heterocycles. The van der Waals surface area contributed by atoms with E-state index in [1.165, 1.54) is 0 Å². The van der Waals surface area contributed by atoms with Crippen LogP contribution in [0.15, 0.2) is 35.7 Å². The predicted molar refractivity (Wildman–Crippen MR) is 87.4 cm³/mol. The van der Waals surface area contributed by atoms with Gasteiger partial charge in [0.1, 0.15) is 0 Å². The number of anilines is 1. The maximum atomic E-state index is 11.8. The Balaban J connectivity index is 1.77. The summed E-state index contributed by atoms with van der Waals surface area (Å²) >= 11 is 1.16. The molecular formula is C14H17N3O3S2. The van der Waals surface area contributed by atoms with E-state index in [1.54, 1.807) is 5.38 Å². The van der Waals surface area contributed by atoms with Crippen LogP contribution in [-0.2, 0) is 27.7 Å². The molecule has 22 heavy (non-hydrogen) atoms. The van der Waals surface area contributed by atoms with Gasteiger partial charge in [0, 0.05) is 11.9 Å². The Labute approximate surface area is 133 Å². The summed E-state index contributed by atoms with van der Waals surface area (Å²) in [5.74, 6) is -0.132. The van der Waals surface area contributed by atoms with Crippen LogP contribution in [0.25, 0.3) is 0 Å². The summed E-state index contributed by atoms with van der Waals surface area (Å²) in [4.78, 5) is 15.9. The maximum Gasteiger partial charge on any atom is 0.231 e. The monoisotopic (exact) mass is 339 g/mol. The number of carbonyl (C=O) groups is 1. The van der Waals surface area contributed by atoms with Crippen LogP contribution in [0.1, 0.15) is 11.3 Å². The summed E-state index contributed by atoms with van der Waals surface area (Å²) in [6.45, 7) is 0.557. The highest BCUT2D eigenvalue weighted by Gasteiger charge is 2.10. The minimum atomic E-state index is -3.34. The van der Waals surface area contributed by atoms with Crippen molar-refractivity contribution in [2.45, 2.75) is 12.8 Å². The zero-order valence-corrected chi connectivity index (χ0v) is 13.7. The Morgan fingerprint density at radius 1 is 1.27 bits per heavy atom. The van der Waals surface area contributed by atoms with Crippen molar-refractivity contribution in [3.63, 3.8) is 0 Å². The molecule has 0 fully saturated rings. The minimum Gasteiger partial charge on any atom is -0.355 e. The molecule has 0 saturated carbocycles. The van der Waals surface area contributed by atoms with Crippen LogP contribution in [0, 0.1) is 0 Å². The van der Waals surface area contributed by atoms with Crippen molar-refractivity contribution >= 4 is 32.4 Å². The van der Waals surface area contributed by atoms with Crippen molar-refractivity contribution in [1.29, 1.82) is 0 Å².